The van der Waals surface area contributed by atoms with Gasteiger partial charge in [-0.15, -0.1) is 0 Å². The maximum Gasteiger partial charge on any atom is 0.262 e. The summed E-state index contributed by atoms with van der Waals surface area (Å²) in [6.45, 7) is 5.74. The Kier molecular flexibility index (Phi) is 4.47. The molecule has 4 rings (SSSR count). The molecule has 0 bridgehead atoms. The fourth-order valence-electron chi connectivity index (χ4n) is 3.86. The number of nitrogens with zero attached hydrogens (tertiary/aromatic N) is 2. The molecule has 2 aromatic carbocycles. The van der Waals surface area contributed by atoms with Gasteiger partial charge in [-0.25, -0.2) is 0 Å². The van der Waals surface area contributed by atoms with Crippen molar-refractivity contribution in [1.82, 2.24) is 9.55 Å². The van der Waals surface area contributed by atoms with E-state index in [4.69, 9.17) is 0 Å². The smallest absolute Gasteiger partial charge is 0.262 e. The molecule has 0 spiro atoms. The third kappa shape index (κ3) is 2.87. The average Bonchev–Trinajstić information content (AvgIpc) is 2.72. The molecule has 0 aliphatic heterocycles. The molecule has 2 heterocycles. The molecule has 0 aliphatic rings. The topological polar surface area (TPSA) is 55.1 Å². The zero-order chi connectivity index (χ0) is 19.8. The van der Waals surface area contributed by atoms with E-state index in [1.807, 2.05) is 68.6 Å². The van der Waals surface area contributed by atoms with Gasteiger partial charge in [0.25, 0.3) is 5.56 Å². The van der Waals surface area contributed by atoms with Crippen LogP contribution in [0.1, 0.15) is 27.8 Å². The molecular weight excluding hydrogens is 348 g/mol. The van der Waals surface area contributed by atoms with Gasteiger partial charge in [-0.1, -0.05) is 24.3 Å². The van der Waals surface area contributed by atoms with Crippen LogP contribution in [0.4, 0.5) is 0 Å². The Morgan fingerprint density at radius 2 is 1.75 bits per heavy atom. The van der Waals surface area contributed by atoms with E-state index in [9.17, 15) is 9.90 Å². The third-order valence-electron chi connectivity index (χ3n) is 5.38. The van der Waals surface area contributed by atoms with Gasteiger partial charge >= 0.3 is 0 Å². The highest BCUT2D eigenvalue weighted by Crippen LogP contribution is 2.34. The van der Waals surface area contributed by atoms with Gasteiger partial charge in [-0.2, -0.15) is 0 Å². The fourth-order valence-corrected chi connectivity index (χ4v) is 3.86. The highest BCUT2D eigenvalue weighted by atomic mass is 16.3. The first kappa shape index (κ1) is 18.0. The molecule has 4 heteroatoms. The summed E-state index contributed by atoms with van der Waals surface area (Å²) in [6.07, 6.45) is 4.34. The van der Waals surface area contributed by atoms with Gasteiger partial charge in [0, 0.05) is 23.5 Å². The first-order valence-corrected chi connectivity index (χ1v) is 9.30. The Bertz CT molecular complexity index is 1230. The normalized spacial score (nSPS) is 11.1. The van der Waals surface area contributed by atoms with Gasteiger partial charge < -0.3 is 5.11 Å². The maximum absolute atomic E-state index is 13.1. The third-order valence-corrected chi connectivity index (χ3v) is 5.38. The van der Waals surface area contributed by atoms with Gasteiger partial charge in [0.15, 0.2) is 0 Å². The van der Waals surface area contributed by atoms with E-state index < -0.39 is 0 Å². The second kappa shape index (κ2) is 6.97. The summed E-state index contributed by atoms with van der Waals surface area (Å²) in [5.74, 6) is 0.0614. The van der Waals surface area contributed by atoms with E-state index in [-0.39, 0.29) is 11.3 Å². The minimum Gasteiger partial charge on any atom is -0.507 e. The molecule has 0 unspecified atom stereocenters. The van der Waals surface area contributed by atoms with Crippen LogP contribution < -0.4 is 5.56 Å². The summed E-state index contributed by atoms with van der Waals surface area (Å²) >= 11 is 0. The molecule has 0 aliphatic carbocycles. The minimum absolute atomic E-state index is 0.0614. The largest absolute Gasteiger partial charge is 0.507 e. The van der Waals surface area contributed by atoms with Crippen LogP contribution in [-0.2, 0) is 6.42 Å². The lowest BCUT2D eigenvalue weighted by molar-refractivity contribution is 0.475. The van der Waals surface area contributed by atoms with Crippen molar-refractivity contribution in [3.63, 3.8) is 0 Å². The summed E-state index contributed by atoms with van der Waals surface area (Å²) in [7, 11) is 0. The Hall–Kier alpha value is -3.40. The van der Waals surface area contributed by atoms with Crippen LogP contribution in [0.15, 0.2) is 65.7 Å². The van der Waals surface area contributed by atoms with Crippen LogP contribution >= 0.6 is 0 Å². The van der Waals surface area contributed by atoms with Gasteiger partial charge in [0.1, 0.15) is 5.75 Å². The van der Waals surface area contributed by atoms with Crippen molar-refractivity contribution in [2.45, 2.75) is 27.2 Å². The number of aryl methyl sites for hydroxylation is 2. The van der Waals surface area contributed by atoms with Crippen LogP contribution in [0, 0.1) is 20.8 Å². The predicted molar refractivity (Wildman–Crippen MR) is 112 cm³/mol. The summed E-state index contributed by atoms with van der Waals surface area (Å²) in [5, 5.41) is 11.4. The van der Waals surface area contributed by atoms with Crippen molar-refractivity contribution in [3.8, 4) is 11.4 Å². The first-order chi connectivity index (χ1) is 13.5. The summed E-state index contributed by atoms with van der Waals surface area (Å²) in [6, 6.07) is 15.5. The Morgan fingerprint density at radius 3 is 2.43 bits per heavy atom. The molecule has 140 valence electrons. The number of aromatic nitrogens is 2. The average molecular weight is 370 g/mol. The predicted octanol–water partition coefficient (Wildman–Crippen LogP) is 4.61. The van der Waals surface area contributed by atoms with E-state index in [1.54, 1.807) is 17.7 Å². The number of pyridine rings is 2. The SMILES string of the molecule is Cc1cc2c(O)c(C)c(=O)n(-c3ccccc3)c2c(C)c1Cc1cccnc1. The van der Waals surface area contributed by atoms with E-state index in [0.29, 0.717) is 10.9 Å². The molecule has 0 radical (unpaired) electrons. The number of rotatable bonds is 3. The molecule has 28 heavy (non-hydrogen) atoms. The first-order valence-electron chi connectivity index (χ1n) is 9.30. The lowest BCUT2D eigenvalue weighted by Gasteiger charge is -2.19. The van der Waals surface area contributed by atoms with Crippen LogP contribution in [0.5, 0.6) is 5.75 Å². The molecule has 2 aromatic heterocycles. The van der Waals surface area contributed by atoms with Crippen molar-refractivity contribution in [2.75, 3.05) is 0 Å². The number of fused-ring (bicyclic) bond motifs is 1. The van der Waals surface area contributed by atoms with Gasteiger partial charge in [0.2, 0.25) is 0 Å². The van der Waals surface area contributed by atoms with Gasteiger partial charge in [0.05, 0.1) is 11.1 Å². The summed E-state index contributed by atoms with van der Waals surface area (Å²) in [5.41, 5.74) is 6.04. The quantitative estimate of drug-likeness (QED) is 0.573. The Labute approximate surface area is 163 Å². The molecular formula is C24H22N2O2. The lowest BCUT2D eigenvalue weighted by Crippen LogP contribution is -2.22. The molecule has 1 N–H and O–H groups in total. The molecule has 0 saturated carbocycles. The molecule has 0 amide bonds. The maximum atomic E-state index is 13.1. The zero-order valence-corrected chi connectivity index (χ0v) is 16.2. The number of benzene rings is 2. The monoisotopic (exact) mass is 370 g/mol. The minimum atomic E-state index is -0.199. The van der Waals surface area contributed by atoms with E-state index in [2.05, 4.69) is 4.98 Å². The molecule has 4 aromatic rings. The van der Waals surface area contributed by atoms with Crippen LogP contribution in [0.3, 0.4) is 0 Å². The number of hydrogen-bond acceptors (Lipinski definition) is 3. The Balaban J connectivity index is 2.09. The molecule has 0 atom stereocenters. The van der Waals surface area contributed by atoms with Crippen molar-refractivity contribution in [1.29, 1.82) is 0 Å². The lowest BCUT2D eigenvalue weighted by atomic mass is 9.93. The zero-order valence-electron chi connectivity index (χ0n) is 16.2. The summed E-state index contributed by atoms with van der Waals surface area (Å²) < 4.78 is 1.71. The second-order valence-electron chi connectivity index (χ2n) is 7.18. The standard InChI is InChI=1S/C24H22N2O2/c1-15-12-21-22(16(2)20(15)13-18-8-7-11-25-14-18)26(19-9-5-4-6-10-19)24(28)17(3)23(21)27/h4-12,14,27H,13H2,1-3H3. The van der Waals surface area contributed by atoms with Gasteiger partial charge in [-0.05, 0) is 73.7 Å². The van der Waals surface area contributed by atoms with E-state index in [1.165, 1.54) is 0 Å². The molecule has 0 fully saturated rings. The molecule has 0 saturated heterocycles. The van der Waals surface area contributed by atoms with Crippen molar-refractivity contribution >= 4 is 10.9 Å². The van der Waals surface area contributed by atoms with Crippen LogP contribution in [0.25, 0.3) is 16.6 Å². The number of hydrogen-bond donors (Lipinski definition) is 1. The second-order valence-corrected chi connectivity index (χ2v) is 7.18. The molecule has 4 nitrogen and oxygen atoms in total. The van der Waals surface area contributed by atoms with Crippen molar-refractivity contribution < 1.29 is 5.11 Å². The number of para-hydroxylation sites is 1. The van der Waals surface area contributed by atoms with E-state index >= 15 is 0 Å². The summed E-state index contributed by atoms with van der Waals surface area (Å²) in [4.78, 5) is 17.3. The van der Waals surface area contributed by atoms with E-state index in [0.717, 1.165) is 39.9 Å². The number of aromatic hydroxyl groups is 1. The van der Waals surface area contributed by atoms with Crippen LogP contribution in [-0.4, -0.2) is 14.7 Å². The fraction of sp³-hybridized carbons (Fsp3) is 0.167. The Morgan fingerprint density at radius 1 is 1.00 bits per heavy atom. The highest BCUT2D eigenvalue weighted by Gasteiger charge is 2.19. The van der Waals surface area contributed by atoms with Crippen molar-refractivity contribution in [2.24, 2.45) is 0 Å². The van der Waals surface area contributed by atoms with Crippen LogP contribution in [0.2, 0.25) is 0 Å². The van der Waals surface area contributed by atoms with Crippen molar-refractivity contribution in [3.05, 3.63) is 99.1 Å². The van der Waals surface area contributed by atoms with Gasteiger partial charge in [-0.3, -0.25) is 14.3 Å². The highest BCUT2D eigenvalue weighted by molar-refractivity contribution is 5.91.